The van der Waals surface area contributed by atoms with Gasteiger partial charge in [-0.25, -0.2) is 0 Å². The number of nitriles is 1. The summed E-state index contributed by atoms with van der Waals surface area (Å²) in [5.41, 5.74) is 2.28. The largest absolute Gasteiger partial charge is 0.362 e. The predicted octanol–water partition coefficient (Wildman–Crippen LogP) is 2.83. The average molecular weight is 172 g/mol. The van der Waals surface area contributed by atoms with Crippen LogP contribution in [-0.2, 0) is 0 Å². The average Bonchev–Trinajstić information content (AvgIpc) is 2.15. The normalized spacial score (nSPS) is 9.85. The molecule has 0 radical (unpaired) electrons. The van der Waals surface area contributed by atoms with E-state index >= 15 is 0 Å². The van der Waals surface area contributed by atoms with E-state index in [1.807, 2.05) is 37.3 Å². The molecule has 0 saturated carbocycles. The van der Waals surface area contributed by atoms with Gasteiger partial charge in [0.25, 0.3) is 0 Å². The smallest absolute Gasteiger partial charge is 0.0663 e. The molecule has 13 heavy (non-hydrogen) atoms. The highest BCUT2D eigenvalue weighted by Crippen LogP contribution is 2.12. The highest BCUT2D eigenvalue weighted by Gasteiger charge is 1.90. The Morgan fingerprint density at radius 2 is 2.23 bits per heavy atom. The lowest BCUT2D eigenvalue weighted by Gasteiger charge is -2.03. The molecule has 1 rings (SSSR count). The molecule has 0 aliphatic rings. The maximum Gasteiger partial charge on any atom is 0.0663 e. The first kappa shape index (κ1) is 9.34. The molecule has 2 heteroatoms. The number of hydrogen-bond acceptors (Lipinski definition) is 2. The van der Waals surface area contributed by atoms with Gasteiger partial charge in [0, 0.05) is 5.69 Å². The zero-order chi connectivity index (χ0) is 9.52. The van der Waals surface area contributed by atoms with Crippen LogP contribution >= 0.6 is 0 Å². The minimum atomic E-state index is 0.443. The quantitative estimate of drug-likeness (QED) is 0.761. The lowest BCUT2D eigenvalue weighted by Crippen LogP contribution is -1.89. The molecule has 66 valence electrons. The van der Waals surface area contributed by atoms with Crippen LogP contribution in [0.3, 0.4) is 0 Å². The second-order valence-corrected chi connectivity index (χ2v) is 2.72. The van der Waals surface area contributed by atoms with Crippen LogP contribution in [0.1, 0.15) is 12.0 Å². The van der Waals surface area contributed by atoms with E-state index in [1.54, 1.807) is 12.3 Å². The van der Waals surface area contributed by atoms with E-state index in [-0.39, 0.29) is 0 Å². The van der Waals surface area contributed by atoms with Crippen LogP contribution in [0, 0.1) is 18.3 Å². The molecule has 2 nitrogen and oxygen atoms in total. The van der Waals surface area contributed by atoms with Crippen LogP contribution < -0.4 is 5.32 Å². The molecule has 0 aromatic heterocycles. The van der Waals surface area contributed by atoms with Crippen molar-refractivity contribution in [1.29, 1.82) is 5.26 Å². The molecule has 0 spiro atoms. The third-order valence-corrected chi connectivity index (χ3v) is 1.71. The molecule has 0 atom stereocenters. The van der Waals surface area contributed by atoms with E-state index in [2.05, 4.69) is 5.32 Å². The van der Waals surface area contributed by atoms with Crippen LogP contribution in [0.2, 0.25) is 0 Å². The number of nitrogens with zero attached hydrogens (tertiary/aromatic N) is 1. The first-order valence-electron chi connectivity index (χ1n) is 4.18. The standard InChI is InChI=1S/C11H12N2/c1-10-6-2-3-7-11(10)13-9-5-4-8-12/h2-3,5-7,9,13H,4H2,1H3/b9-5+. The monoisotopic (exact) mass is 172 g/mol. The predicted molar refractivity (Wildman–Crippen MR) is 54.2 cm³/mol. The molecule has 1 aromatic carbocycles. The van der Waals surface area contributed by atoms with Gasteiger partial charge in [0.1, 0.15) is 0 Å². The molecule has 1 N–H and O–H groups in total. The van der Waals surface area contributed by atoms with E-state index in [0.717, 1.165) is 5.69 Å². The number of hydrogen-bond donors (Lipinski definition) is 1. The molecule has 1 aromatic rings. The fourth-order valence-electron chi connectivity index (χ4n) is 0.995. The van der Waals surface area contributed by atoms with E-state index in [9.17, 15) is 0 Å². The minimum Gasteiger partial charge on any atom is -0.362 e. The van der Waals surface area contributed by atoms with Crippen LogP contribution in [0.25, 0.3) is 0 Å². The first-order valence-corrected chi connectivity index (χ1v) is 4.18. The van der Waals surface area contributed by atoms with Crippen molar-refractivity contribution in [3.63, 3.8) is 0 Å². The van der Waals surface area contributed by atoms with Gasteiger partial charge in [-0.05, 0) is 24.8 Å². The Balaban J connectivity index is 2.55. The zero-order valence-corrected chi connectivity index (χ0v) is 7.62. The van der Waals surface area contributed by atoms with Crippen molar-refractivity contribution < 1.29 is 0 Å². The summed E-state index contributed by atoms with van der Waals surface area (Å²) in [5, 5.41) is 11.4. The summed E-state index contributed by atoms with van der Waals surface area (Å²) in [7, 11) is 0. The van der Waals surface area contributed by atoms with E-state index < -0.39 is 0 Å². The van der Waals surface area contributed by atoms with Crippen LogP contribution in [0.4, 0.5) is 5.69 Å². The number of aryl methyl sites for hydroxylation is 1. The second kappa shape index (κ2) is 5.00. The Hall–Kier alpha value is -1.75. The first-order chi connectivity index (χ1) is 6.34. The molecule has 0 amide bonds. The summed E-state index contributed by atoms with van der Waals surface area (Å²) in [6, 6.07) is 10.1. The number of nitrogens with one attached hydrogen (secondary N) is 1. The second-order valence-electron chi connectivity index (χ2n) is 2.72. The lowest BCUT2D eigenvalue weighted by atomic mass is 10.2. The molecule has 0 bridgehead atoms. The van der Waals surface area contributed by atoms with E-state index in [4.69, 9.17) is 5.26 Å². The fourth-order valence-corrected chi connectivity index (χ4v) is 0.995. The summed E-state index contributed by atoms with van der Waals surface area (Å²) < 4.78 is 0. The Bertz CT molecular complexity index is 334. The summed E-state index contributed by atoms with van der Waals surface area (Å²) in [6.45, 7) is 2.04. The molecule has 0 fully saturated rings. The van der Waals surface area contributed by atoms with Gasteiger partial charge in [-0.15, -0.1) is 0 Å². The number of allylic oxidation sites excluding steroid dienone is 1. The summed E-state index contributed by atoms with van der Waals surface area (Å²) in [4.78, 5) is 0. The van der Waals surface area contributed by atoms with Crippen LogP contribution in [-0.4, -0.2) is 0 Å². The highest BCUT2D eigenvalue weighted by atomic mass is 14.8. The van der Waals surface area contributed by atoms with Crippen molar-refractivity contribution in [2.75, 3.05) is 5.32 Å². The van der Waals surface area contributed by atoms with Gasteiger partial charge in [0.2, 0.25) is 0 Å². The third-order valence-electron chi connectivity index (χ3n) is 1.71. The van der Waals surface area contributed by atoms with Crippen molar-refractivity contribution in [2.45, 2.75) is 13.3 Å². The maximum atomic E-state index is 8.29. The third kappa shape index (κ3) is 3.00. The molecule has 0 aliphatic carbocycles. The Kier molecular flexibility index (Phi) is 3.59. The van der Waals surface area contributed by atoms with Crippen molar-refractivity contribution in [2.24, 2.45) is 0 Å². The molecular weight excluding hydrogens is 160 g/mol. The van der Waals surface area contributed by atoms with Crippen molar-refractivity contribution in [1.82, 2.24) is 0 Å². The van der Waals surface area contributed by atoms with Gasteiger partial charge < -0.3 is 5.32 Å². The van der Waals surface area contributed by atoms with Crippen LogP contribution in [0.15, 0.2) is 36.5 Å². The van der Waals surface area contributed by atoms with Gasteiger partial charge >= 0.3 is 0 Å². The van der Waals surface area contributed by atoms with Gasteiger partial charge in [-0.1, -0.05) is 24.3 Å². The van der Waals surface area contributed by atoms with E-state index in [0.29, 0.717) is 6.42 Å². The minimum absolute atomic E-state index is 0.443. The zero-order valence-electron chi connectivity index (χ0n) is 7.62. The van der Waals surface area contributed by atoms with Gasteiger partial charge in [0.15, 0.2) is 0 Å². The van der Waals surface area contributed by atoms with Crippen molar-refractivity contribution >= 4 is 5.69 Å². The maximum absolute atomic E-state index is 8.29. The summed E-state index contributed by atoms with van der Waals surface area (Å²) in [5.74, 6) is 0. The van der Waals surface area contributed by atoms with Crippen molar-refractivity contribution in [3.8, 4) is 6.07 Å². The Morgan fingerprint density at radius 1 is 1.46 bits per heavy atom. The van der Waals surface area contributed by atoms with Gasteiger partial charge in [0.05, 0.1) is 12.5 Å². The van der Waals surface area contributed by atoms with E-state index in [1.165, 1.54) is 5.56 Å². The number of rotatable bonds is 3. The number of para-hydroxylation sites is 1. The summed E-state index contributed by atoms with van der Waals surface area (Å²) >= 11 is 0. The molecule has 0 heterocycles. The Morgan fingerprint density at radius 3 is 2.92 bits per heavy atom. The van der Waals surface area contributed by atoms with Gasteiger partial charge in [-0.2, -0.15) is 5.26 Å². The summed E-state index contributed by atoms with van der Waals surface area (Å²) in [6.07, 6.45) is 4.04. The van der Waals surface area contributed by atoms with Crippen LogP contribution in [0.5, 0.6) is 0 Å². The lowest BCUT2D eigenvalue weighted by molar-refractivity contribution is 1.34. The number of anilines is 1. The molecule has 0 aliphatic heterocycles. The highest BCUT2D eigenvalue weighted by molar-refractivity contribution is 5.51. The molecule has 0 saturated heterocycles. The fraction of sp³-hybridized carbons (Fsp3) is 0.182. The molecular formula is C11H12N2. The Labute approximate surface area is 78.5 Å². The van der Waals surface area contributed by atoms with Crippen molar-refractivity contribution in [3.05, 3.63) is 42.1 Å². The topological polar surface area (TPSA) is 35.8 Å². The van der Waals surface area contributed by atoms with Gasteiger partial charge in [-0.3, -0.25) is 0 Å². The molecule has 0 unspecified atom stereocenters. The SMILES string of the molecule is Cc1ccccc1N/C=C/CC#N. The number of benzene rings is 1.